The number of amides is 3. The van der Waals surface area contributed by atoms with E-state index in [1.165, 1.54) is 4.90 Å². The van der Waals surface area contributed by atoms with Gasteiger partial charge in [-0.05, 0) is 24.1 Å². The first-order valence-electron chi connectivity index (χ1n) is 7.06. The van der Waals surface area contributed by atoms with Crippen molar-refractivity contribution in [2.75, 3.05) is 11.9 Å². The van der Waals surface area contributed by atoms with Crippen LogP contribution in [0.25, 0.3) is 0 Å². The number of nitrogens with zero attached hydrogens (tertiary/aromatic N) is 1. The lowest BCUT2D eigenvalue weighted by molar-refractivity contribution is -0.136. The van der Waals surface area contributed by atoms with Crippen LogP contribution in [0.5, 0.6) is 5.75 Å². The average molecular weight is 367 g/mol. The number of hydrogen-bond donors (Lipinski definition) is 1. The van der Waals surface area contributed by atoms with E-state index < -0.39 is 11.9 Å². The Balaban J connectivity index is 1.79. The van der Waals surface area contributed by atoms with Gasteiger partial charge in [-0.3, -0.25) is 19.7 Å². The quantitative estimate of drug-likeness (QED) is 0.642. The Hall–Kier alpha value is -1.89. The first kappa shape index (κ1) is 15.0. The average Bonchev–Trinajstić information content (AvgIpc) is 2.82. The van der Waals surface area contributed by atoms with Crippen molar-refractivity contribution < 1.29 is 19.1 Å². The second-order valence-corrected chi connectivity index (χ2v) is 6.05. The summed E-state index contributed by atoms with van der Waals surface area (Å²) in [5.74, 6) is -0.227. The smallest absolute Gasteiger partial charge is 0.255 e. The van der Waals surface area contributed by atoms with E-state index in [0.29, 0.717) is 36.2 Å². The molecule has 0 radical (unpaired) electrons. The standard InChI is InChI=1S/C15H15BrN2O4/c16-5-6-22-10-2-1-9-8-18(15(21)11(9)7-10)12-3-4-13(19)17-14(12)20/h1-2,7,12H,3-6,8H2,(H,17,19,20). The molecule has 0 saturated carbocycles. The second kappa shape index (κ2) is 6.08. The van der Waals surface area contributed by atoms with Crippen molar-refractivity contribution >= 4 is 33.7 Å². The second-order valence-electron chi connectivity index (χ2n) is 5.26. The molecule has 1 aromatic carbocycles. The lowest BCUT2D eigenvalue weighted by Crippen LogP contribution is -2.52. The molecule has 1 aromatic rings. The fraction of sp³-hybridized carbons (Fsp3) is 0.400. The molecule has 1 fully saturated rings. The van der Waals surface area contributed by atoms with E-state index in [4.69, 9.17) is 4.74 Å². The zero-order valence-corrected chi connectivity index (χ0v) is 13.4. The molecule has 0 aromatic heterocycles. The van der Waals surface area contributed by atoms with Crippen LogP contribution in [0.2, 0.25) is 0 Å². The number of rotatable bonds is 4. The summed E-state index contributed by atoms with van der Waals surface area (Å²) >= 11 is 3.28. The maximum Gasteiger partial charge on any atom is 0.255 e. The maximum absolute atomic E-state index is 12.5. The summed E-state index contributed by atoms with van der Waals surface area (Å²) in [7, 11) is 0. The first-order valence-corrected chi connectivity index (χ1v) is 8.18. The van der Waals surface area contributed by atoms with Gasteiger partial charge in [0.25, 0.3) is 5.91 Å². The lowest BCUT2D eigenvalue weighted by Gasteiger charge is -2.29. The van der Waals surface area contributed by atoms with E-state index in [9.17, 15) is 14.4 Å². The number of benzene rings is 1. The van der Waals surface area contributed by atoms with Crippen LogP contribution in [0.3, 0.4) is 0 Å². The van der Waals surface area contributed by atoms with Crippen molar-refractivity contribution in [1.29, 1.82) is 0 Å². The van der Waals surface area contributed by atoms with Gasteiger partial charge in [0.15, 0.2) is 0 Å². The predicted octanol–water partition coefficient (Wildman–Crippen LogP) is 1.22. The van der Waals surface area contributed by atoms with Crippen LogP contribution in [0, 0.1) is 0 Å². The van der Waals surface area contributed by atoms with Crippen molar-refractivity contribution in [2.24, 2.45) is 0 Å². The van der Waals surface area contributed by atoms with Crippen LogP contribution in [-0.2, 0) is 16.1 Å². The van der Waals surface area contributed by atoms with Crippen LogP contribution in [0.15, 0.2) is 18.2 Å². The lowest BCUT2D eigenvalue weighted by atomic mass is 10.0. The summed E-state index contributed by atoms with van der Waals surface area (Å²) in [4.78, 5) is 37.2. The van der Waals surface area contributed by atoms with Crippen molar-refractivity contribution in [3.63, 3.8) is 0 Å². The Morgan fingerprint density at radius 3 is 2.86 bits per heavy atom. The van der Waals surface area contributed by atoms with Gasteiger partial charge in [0, 0.05) is 23.9 Å². The molecule has 1 unspecified atom stereocenters. The number of carbonyl (C=O) groups excluding carboxylic acids is 3. The van der Waals surface area contributed by atoms with Crippen LogP contribution in [0.1, 0.15) is 28.8 Å². The van der Waals surface area contributed by atoms with Crippen LogP contribution < -0.4 is 10.1 Å². The Kier molecular flexibility index (Phi) is 4.15. The molecule has 2 heterocycles. The zero-order chi connectivity index (χ0) is 15.7. The molecule has 7 heteroatoms. The highest BCUT2D eigenvalue weighted by Crippen LogP contribution is 2.30. The minimum atomic E-state index is -0.579. The SMILES string of the molecule is O=C1CCC(N2Cc3ccc(OCCBr)cc3C2=O)C(=O)N1. The molecule has 3 amide bonds. The van der Waals surface area contributed by atoms with E-state index >= 15 is 0 Å². The number of alkyl halides is 1. The van der Waals surface area contributed by atoms with Gasteiger partial charge in [-0.2, -0.15) is 0 Å². The molecule has 1 atom stereocenters. The molecule has 1 saturated heterocycles. The van der Waals surface area contributed by atoms with E-state index in [1.54, 1.807) is 6.07 Å². The summed E-state index contributed by atoms with van der Waals surface area (Å²) in [5, 5.41) is 3.00. The van der Waals surface area contributed by atoms with Crippen LogP contribution >= 0.6 is 15.9 Å². The number of fused-ring (bicyclic) bond motifs is 1. The molecule has 2 aliphatic rings. The number of hydrogen-bond acceptors (Lipinski definition) is 4. The summed E-state index contributed by atoms with van der Waals surface area (Å²) in [6, 6.07) is 4.81. The molecular formula is C15H15BrN2O4. The van der Waals surface area contributed by atoms with E-state index in [0.717, 1.165) is 5.56 Å². The summed E-state index contributed by atoms with van der Waals surface area (Å²) in [6.07, 6.45) is 0.632. The number of piperidine rings is 1. The van der Waals surface area contributed by atoms with Crippen LogP contribution in [-0.4, -0.2) is 40.6 Å². The van der Waals surface area contributed by atoms with Crippen molar-refractivity contribution in [3.8, 4) is 5.75 Å². The molecule has 0 spiro atoms. The summed E-state index contributed by atoms with van der Waals surface area (Å²) in [5.41, 5.74) is 1.44. The van der Waals surface area contributed by atoms with Crippen molar-refractivity contribution in [2.45, 2.75) is 25.4 Å². The molecule has 2 aliphatic heterocycles. The number of ether oxygens (including phenoxy) is 1. The van der Waals surface area contributed by atoms with Crippen molar-refractivity contribution in [1.82, 2.24) is 10.2 Å². The number of nitrogens with one attached hydrogen (secondary N) is 1. The molecule has 116 valence electrons. The Morgan fingerprint density at radius 2 is 2.14 bits per heavy atom. The normalized spacial score (nSPS) is 20.9. The third kappa shape index (κ3) is 2.72. The molecule has 6 nitrogen and oxygen atoms in total. The molecular weight excluding hydrogens is 352 g/mol. The monoisotopic (exact) mass is 366 g/mol. The van der Waals surface area contributed by atoms with E-state index in [1.807, 2.05) is 12.1 Å². The third-order valence-electron chi connectivity index (χ3n) is 3.85. The summed E-state index contributed by atoms with van der Waals surface area (Å²) < 4.78 is 5.50. The van der Waals surface area contributed by atoms with Gasteiger partial charge in [-0.1, -0.05) is 22.0 Å². The number of imide groups is 1. The molecule has 0 bridgehead atoms. The highest BCUT2D eigenvalue weighted by Gasteiger charge is 2.39. The van der Waals surface area contributed by atoms with Crippen LogP contribution in [0.4, 0.5) is 0 Å². The minimum Gasteiger partial charge on any atom is -0.493 e. The zero-order valence-electron chi connectivity index (χ0n) is 11.8. The highest BCUT2D eigenvalue weighted by atomic mass is 79.9. The minimum absolute atomic E-state index is 0.186. The van der Waals surface area contributed by atoms with Gasteiger partial charge in [-0.15, -0.1) is 0 Å². The molecule has 22 heavy (non-hydrogen) atoms. The van der Waals surface area contributed by atoms with Gasteiger partial charge in [-0.25, -0.2) is 0 Å². The fourth-order valence-corrected chi connectivity index (χ4v) is 2.94. The molecule has 0 aliphatic carbocycles. The van der Waals surface area contributed by atoms with Gasteiger partial charge in [0.05, 0.1) is 6.61 Å². The van der Waals surface area contributed by atoms with E-state index in [2.05, 4.69) is 21.2 Å². The molecule has 1 N–H and O–H groups in total. The highest BCUT2D eigenvalue weighted by molar-refractivity contribution is 9.09. The van der Waals surface area contributed by atoms with Gasteiger partial charge in [0.1, 0.15) is 11.8 Å². The number of halogens is 1. The Morgan fingerprint density at radius 1 is 1.32 bits per heavy atom. The largest absolute Gasteiger partial charge is 0.493 e. The molecule has 3 rings (SSSR count). The number of carbonyl (C=O) groups is 3. The first-order chi connectivity index (χ1) is 10.6. The Bertz CT molecular complexity index is 646. The van der Waals surface area contributed by atoms with Crippen molar-refractivity contribution in [3.05, 3.63) is 29.3 Å². The maximum atomic E-state index is 12.5. The fourth-order valence-electron chi connectivity index (χ4n) is 2.78. The third-order valence-corrected chi connectivity index (χ3v) is 4.17. The van der Waals surface area contributed by atoms with Gasteiger partial charge < -0.3 is 9.64 Å². The summed E-state index contributed by atoms with van der Waals surface area (Å²) in [6.45, 7) is 0.906. The van der Waals surface area contributed by atoms with Gasteiger partial charge >= 0.3 is 0 Å². The van der Waals surface area contributed by atoms with E-state index in [-0.39, 0.29) is 18.2 Å². The topological polar surface area (TPSA) is 75.7 Å². The predicted molar refractivity (Wildman–Crippen MR) is 81.8 cm³/mol. The van der Waals surface area contributed by atoms with Gasteiger partial charge in [0.2, 0.25) is 11.8 Å². The Labute approximate surface area is 135 Å².